The van der Waals surface area contributed by atoms with Gasteiger partial charge in [0.05, 0.1) is 6.20 Å². The van der Waals surface area contributed by atoms with E-state index < -0.39 is 5.82 Å². The lowest BCUT2D eigenvalue weighted by atomic mass is 10.0. The van der Waals surface area contributed by atoms with Gasteiger partial charge >= 0.3 is 0 Å². The Kier molecular flexibility index (Phi) is 14.1. The third kappa shape index (κ3) is 9.93. The lowest BCUT2D eigenvalue weighted by molar-refractivity contribution is 0.0799. The van der Waals surface area contributed by atoms with Gasteiger partial charge < -0.3 is 20.7 Å². The van der Waals surface area contributed by atoms with Crippen molar-refractivity contribution in [2.45, 2.75) is 66.2 Å². The summed E-state index contributed by atoms with van der Waals surface area (Å²) in [4.78, 5) is 41.8. The number of aromatic nitrogens is 3. The molecule has 2 amide bonds. The predicted molar refractivity (Wildman–Crippen MR) is 198 cm³/mol. The number of hydrogen-bond acceptors (Lipinski definition) is 7. The van der Waals surface area contributed by atoms with Crippen molar-refractivity contribution in [1.29, 1.82) is 0 Å². The quantitative estimate of drug-likeness (QED) is 0.135. The maximum absolute atomic E-state index is 14.6. The zero-order chi connectivity index (χ0) is 35.5. The number of benzene rings is 3. The van der Waals surface area contributed by atoms with E-state index >= 15 is 0 Å². The van der Waals surface area contributed by atoms with Crippen LogP contribution in [0.1, 0.15) is 82.0 Å². The fourth-order valence-corrected chi connectivity index (χ4v) is 5.81. The number of aryl methyl sites for hydroxylation is 2. The first-order chi connectivity index (χ1) is 24.3. The van der Waals surface area contributed by atoms with Gasteiger partial charge in [0.1, 0.15) is 12.1 Å². The van der Waals surface area contributed by atoms with Gasteiger partial charge in [-0.3, -0.25) is 14.4 Å². The second kappa shape index (κ2) is 18.7. The van der Waals surface area contributed by atoms with Crippen LogP contribution in [0, 0.1) is 5.82 Å². The first-order valence-electron chi connectivity index (χ1n) is 16.9. The molecule has 10 nitrogen and oxygen atoms in total. The number of rotatable bonds is 11. The molecular weight excluding hydrogens is 647 g/mol. The summed E-state index contributed by atoms with van der Waals surface area (Å²) >= 11 is 0. The van der Waals surface area contributed by atoms with E-state index in [-0.39, 0.29) is 25.8 Å². The van der Waals surface area contributed by atoms with E-state index in [4.69, 9.17) is 9.72 Å². The fourth-order valence-electron chi connectivity index (χ4n) is 5.81. The number of hydrogen-bond donors (Lipinski definition) is 3. The van der Waals surface area contributed by atoms with Crippen LogP contribution in [0.5, 0.6) is 0 Å². The summed E-state index contributed by atoms with van der Waals surface area (Å²) in [7, 11) is 2.01. The van der Waals surface area contributed by atoms with Crippen molar-refractivity contribution >= 4 is 29.1 Å². The minimum absolute atomic E-state index is 0. The highest BCUT2D eigenvalue weighted by atomic mass is 19.1. The van der Waals surface area contributed by atoms with E-state index in [9.17, 15) is 18.8 Å². The Bertz CT molecular complexity index is 1950. The normalized spacial score (nSPS) is 12.7. The standard InChI is InChI=1S/C33H30FN5O3.C6H13NO.CH4/c1-3-30-26(16-27-19-37-39(4-2)31(27)38-30)18-36-33(42)25-10-6-9-24(15-25)32(41)35-17-21-11-12-29(34)28(14-21)23-8-5-7-22(13-23)20-40;1-7-6-2-4-8-5-3-6;/h5-16,19-20H,3-4,17-18H2,1-2H3,(H,35,41)(H,36,42);6-7H,2-5H2,1H3;1H4. The summed E-state index contributed by atoms with van der Waals surface area (Å²) in [5.41, 5.74) is 5.36. The molecule has 1 saturated heterocycles. The van der Waals surface area contributed by atoms with E-state index in [2.05, 4.69) is 21.0 Å². The van der Waals surface area contributed by atoms with Crippen molar-refractivity contribution in [2.75, 3.05) is 20.3 Å². The van der Waals surface area contributed by atoms with Crippen LogP contribution in [0.3, 0.4) is 0 Å². The van der Waals surface area contributed by atoms with Gasteiger partial charge in [-0.1, -0.05) is 44.7 Å². The molecule has 3 aromatic carbocycles. The molecule has 5 aromatic rings. The van der Waals surface area contributed by atoms with Crippen molar-refractivity contribution in [2.24, 2.45) is 0 Å². The molecule has 0 bridgehead atoms. The highest BCUT2D eigenvalue weighted by Crippen LogP contribution is 2.25. The average molecular weight is 695 g/mol. The number of aldehydes is 1. The minimum Gasteiger partial charge on any atom is -0.381 e. The molecule has 0 aliphatic carbocycles. The number of halogens is 1. The Morgan fingerprint density at radius 1 is 0.941 bits per heavy atom. The van der Waals surface area contributed by atoms with Gasteiger partial charge in [-0.25, -0.2) is 14.1 Å². The van der Waals surface area contributed by atoms with Gasteiger partial charge in [-0.15, -0.1) is 0 Å². The number of nitrogens with zero attached hydrogens (tertiary/aromatic N) is 3. The van der Waals surface area contributed by atoms with E-state index in [1.54, 1.807) is 66.9 Å². The van der Waals surface area contributed by atoms with Crippen molar-refractivity contribution in [3.05, 3.63) is 118 Å². The van der Waals surface area contributed by atoms with E-state index in [0.717, 1.165) is 42.0 Å². The van der Waals surface area contributed by atoms with Crippen LogP contribution < -0.4 is 16.0 Å². The first-order valence-corrected chi connectivity index (χ1v) is 16.9. The van der Waals surface area contributed by atoms with Gasteiger partial charge in [0.15, 0.2) is 5.65 Å². The number of pyridine rings is 1. The molecule has 0 saturated carbocycles. The monoisotopic (exact) mass is 694 g/mol. The third-order valence-electron chi connectivity index (χ3n) is 8.69. The first kappa shape index (κ1) is 38.5. The number of fused-ring (bicyclic) bond motifs is 1. The molecule has 0 spiro atoms. The lowest BCUT2D eigenvalue weighted by Gasteiger charge is -2.20. The van der Waals surface area contributed by atoms with Crippen LogP contribution in [0.4, 0.5) is 4.39 Å². The molecule has 1 aliphatic rings. The van der Waals surface area contributed by atoms with Crippen molar-refractivity contribution in [3.8, 4) is 11.1 Å². The largest absolute Gasteiger partial charge is 0.381 e. The van der Waals surface area contributed by atoms with E-state index in [1.165, 1.54) is 18.9 Å². The van der Waals surface area contributed by atoms with Crippen LogP contribution in [-0.2, 0) is 30.8 Å². The molecule has 6 rings (SSSR count). The lowest BCUT2D eigenvalue weighted by Crippen LogP contribution is -2.31. The second-order valence-corrected chi connectivity index (χ2v) is 12.0. The van der Waals surface area contributed by atoms with E-state index in [1.807, 2.05) is 31.6 Å². The Morgan fingerprint density at radius 3 is 2.29 bits per heavy atom. The van der Waals surface area contributed by atoms with Crippen molar-refractivity contribution in [1.82, 2.24) is 30.7 Å². The van der Waals surface area contributed by atoms with Crippen molar-refractivity contribution < 1.29 is 23.5 Å². The van der Waals surface area contributed by atoms with Crippen LogP contribution in [0.2, 0.25) is 0 Å². The zero-order valence-corrected chi connectivity index (χ0v) is 28.7. The number of carbonyl (C=O) groups is 3. The van der Waals surface area contributed by atoms with Gasteiger partial charge in [-0.2, -0.15) is 5.10 Å². The number of ether oxygens (including phenoxy) is 1. The van der Waals surface area contributed by atoms with Gasteiger partial charge in [0.2, 0.25) is 0 Å². The molecule has 2 aromatic heterocycles. The average Bonchev–Trinajstić information content (AvgIpc) is 3.58. The maximum atomic E-state index is 14.6. The maximum Gasteiger partial charge on any atom is 0.251 e. The molecular formula is C40H47FN6O4. The Balaban J connectivity index is 0.000000572. The van der Waals surface area contributed by atoms with E-state index in [0.29, 0.717) is 58.7 Å². The number of nitrogens with one attached hydrogen (secondary N) is 3. The topological polar surface area (TPSA) is 127 Å². The molecule has 51 heavy (non-hydrogen) atoms. The van der Waals surface area contributed by atoms with Crippen LogP contribution >= 0.6 is 0 Å². The molecule has 268 valence electrons. The number of carbonyl (C=O) groups excluding carboxylic acids is 3. The highest BCUT2D eigenvalue weighted by Gasteiger charge is 2.15. The summed E-state index contributed by atoms with van der Waals surface area (Å²) in [6, 6.07) is 20.4. The second-order valence-electron chi connectivity index (χ2n) is 12.0. The van der Waals surface area contributed by atoms with Crippen LogP contribution in [0.25, 0.3) is 22.2 Å². The summed E-state index contributed by atoms with van der Waals surface area (Å²) in [6.45, 7) is 7.07. The Hall–Kier alpha value is -5.26. The molecule has 0 unspecified atom stereocenters. The highest BCUT2D eigenvalue weighted by molar-refractivity contribution is 5.99. The molecule has 0 radical (unpaired) electrons. The SMILES string of the molecule is C.CCc1nc2c(cnn2CC)cc1CNC(=O)c1cccc(C(=O)NCc2ccc(F)c(-c3cccc(C=O)c3)c2)c1.CNC1CCOCC1. The van der Waals surface area contributed by atoms with Gasteiger partial charge in [0.25, 0.3) is 11.8 Å². The molecule has 1 fully saturated rings. The number of amides is 2. The van der Waals surface area contributed by atoms with Crippen LogP contribution in [0.15, 0.2) is 79.0 Å². The van der Waals surface area contributed by atoms with Crippen molar-refractivity contribution in [3.63, 3.8) is 0 Å². The predicted octanol–water partition coefficient (Wildman–Crippen LogP) is 6.51. The zero-order valence-electron chi connectivity index (χ0n) is 28.7. The minimum atomic E-state index is -0.426. The fraction of sp³-hybridized carbons (Fsp3) is 0.325. The summed E-state index contributed by atoms with van der Waals surface area (Å²) < 4.78 is 21.6. The summed E-state index contributed by atoms with van der Waals surface area (Å²) in [5, 5.41) is 14.3. The molecule has 0 atom stereocenters. The molecule has 3 heterocycles. The molecule has 3 N–H and O–H groups in total. The van der Waals surface area contributed by atoms with Gasteiger partial charge in [0, 0.05) is 72.2 Å². The third-order valence-corrected chi connectivity index (χ3v) is 8.69. The molecule has 1 aliphatic heterocycles. The summed E-state index contributed by atoms with van der Waals surface area (Å²) in [6.07, 6.45) is 5.55. The Labute approximate surface area is 298 Å². The van der Waals surface area contributed by atoms with Gasteiger partial charge in [-0.05, 0) is 92.4 Å². The molecule has 11 heteroatoms. The smallest absolute Gasteiger partial charge is 0.251 e. The Morgan fingerprint density at radius 2 is 1.65 bits per heavy atom. The van der Waals surface area contributed by atoms with Crippen LogP contribution in [-0.4, -0.2) is 59.2 Å². The summed E-state index contributed by atoms with van der Waals surface area (Å²) in [5.74, 6) is -1.10.